The second-order valence-electron chi connectivity index (χ2n) is 8.23. The van der Waals surface area contributed by atoms with Crippen molar-refractivity contribution in [2.75, 3.05) is 20.7 Å². The van der Waals surface area contributed by atoms with Crippen LogP contribution in [0.2, 0.25) is 0 Å². The molecule has 4 heterocycles. The number of hydrogen-bond donors (Lipinski definition) is 0. The van der Waals surface area contributed by atoms with Gasteiger partial charge in [-0.25, -0.2) is 15.0 Å². The molecule has 2 atom stereocenters. The average Bonchev–Trinajstić information content (AvgIpc) is 3.44. The number of aryl methyl sites for hydroxylation is 1. The molecule has 3 aromatic heterocycles. The van der Waals surface area contributed by atoms with Crippen molar-refractivity contribution >= 4 is 34.1 Å². The minimum Gasteiger partial charge on any atom is -0.491 e. The molecule has 32 heavy (non-hydrogen) atoms. The van der Waals surface area contributed by atoms with E-state index in [1.807, 2.05) is 62.6 Å². The van der Waals surface area contributed by atoms with Gasteiger partial charge in [0, 0.05) is 37.4 Å². The van der Waals surface area contributed by atoms with Gasteiger partial charge in [-0.1, -0.05) is 6.07 Å². The second-order valence-corrected chi connectivity index (χ2v) is 8.23. The quantitative estimate of drug-likeness (QED) is 0.336. The van der Waals surface area contributed by atoms with E-state index < -0.39 is 0 Å². The third kappa shape index (κ3) is 3.89. The summed E-state index contributed by atoms with van der Waals surface area (Å²) in [6, 6.07) is 10.1. The largest absolute Gasteiger partial charge is 0.491 e. The van der Waals surface area contributed by atoms with Crippen molar-refractivity contribution < 1.29 is 9.47 Å². The van der Waals surface area contributed by atoms with E-state index in [4.69, 9.17) is 9.47 Å². The van der Waals surface area contributed by atoms with E-state index >= 15 is 0 Å². The Morgan fingerprint density at radius 2 is 2.09 bits per heavy atom. The van der Waals surface area contributed by atoms with Crippen molar-refractivity contribution in [3.05, 3.63) is 54.6 Å². The molecule has 0 radical (unpaired) electrons. The van der Waals surface area contributed by atoms with Crippen LogP contribution in [0.5, 0.6) is 5.75 Å². The lowest BCUT2D eigenvalue weighted by molar-refractivity contribution is -0.0156. The molecule has 1 saturated heterocycles. The highest BCUT2D eigenvalue weighted by Gasteiger charge is 2.28. The standard InChI is InChI=1S/C24H26N6O2/c1-16-20(8-6-17-5-4-11-25-22(16)17)31-13-18-7-9-21(32-18)30-12-10-19-23(28-15-29(2)3)26-14-27-24(19)30/h4-6,8,10-12,14-15,18,21H,7,9,13H2,1-3H3/t18-,21?/m0/s1. The first kappa shape index (κ1) is 20.4. The molecular formula is C24H26N6O2. The number of aliphatic imine (C=N–C) groups is 1. The summed E-state index contributed by atoms with van der Waals surface area (Å²) in [4.78, 5) is 19.6. The van der Waals surface area contributed by atoms with Crippen molar-refractivity contribution in [2.24, 2.45) is 4.99 Å². The number of nitrogens with zero attached hydrogens (tertiary/aromatic N) is 6. The van der Waals surface area contributed by atoms with Crippen LogP contribution >= 0.6 is 0 Å². The van der Waals surface area contributed by atoms with Crippen LogP contribution in [0, 0.1) is 6.92 Å². The molecule has 0 spiro atoms. The van der Waals surface area contributed by atoms with Gasteiger partial charge >= 0.3 is 0 Å². The summed E-state index contributed by atoms with van der Waals surface area (Å²) in [5.74, 6) is 1.51. The van der Waals surface area contributed by atoms with Crippen LogP contribution in [0.3, 0.4) is 0 Å². The van der Waals surface area contributed by atoms with Crippen molar-refractivity contribution in [1.29, 1.82) is 0 Å². The number of benzene rings is 1. The molecule has 1 aliphatic rings. The zero-order valence-corrected chi connectivity index (χ0v) is 18.5. The van der Waals surface area contributed by atoms with Gasteiger partial charge in [0.25, 0.3) is 0 Å². The molecule has 164 valence electrons. The van der Waals surface area contributed by atoms with Gasteiger partial charge in [-0.05, 0) is 44.0 Å². The molecule has 1 fully saturated rings. The number of fused-ring (bicyclic) bond motifs is 2. The van der Waals surface area contributed by atoms with Crippen LogP contribution in [-0.2, 0) is 4.74 Å². The van der Waals surface area contributed by atoms with E-state index in [9.17, 15) is 0 Å². The maximum absolute atomic E-state index is 6.32. The fourth-order valence-electron chi connectivity index (χ4n) is 4.09. The Hall–Kier alpha value is -3.52. The Kier molecular flexibility index (Phi) is 5.45. The Bertz CT molecular complexity index is 1280. The van der Waals surface area contributed by atoms with Crippen molar-refractivity contribution in [2.45, 2.75) is 32.1 Å². The summed E-state index contributed by atoms with van der Waals surface area (Å²) < 4.78 is 14.5. The summed E-state index contributed by atoms with van der Waals surface area (Å²) in [6.45, 7) is 2.55. The number of pyridine rings is 1. The first-order valence-corrected chi connectivity index (χ1v) is 10.7. The van der Waals surface area contributed by atoms with Crippen molar-refractivity contribution in [1.82, 2.24) is 24.4 Å². The van der Waals surface area contributed by atoms with Gasteiger partial charge in [-0.2, -0.15) is 0 Å². The molecule has 1 unspecified atom stereocenters. The maximum Gasteiger partial charge on any atom is 0.166 e. The second kappa shape index (κ2) is 8.55. The lowest BCUT2D eigenvalue weighted by Gasteiger charge is -2.17. The van der Waals surface area contributed by atoms with Crippen LogP contribution in [0.1, 0.15) is 24.6 Å². The smallest absolute Gasteiger partial charge is 0.166 e. The summed E-state index contributed by atoms with van der Waals surface area (Å²) in [6.07, 6.45) is 8.86. The molecule has 0 saturated carbocycles. The number of rotatable bonds is 6. The van der Waals surface area contributed by atoms with E-state index in [0.717, 1.165) is 46.1 Å². The molecule has 8 nitrogen and oxygen atoms in total. The highest BCUT2D eigenvalue weighted by molar-refractivity contribution is 5.87. The summed E-state index contributed by atoms with van der Waals surface area (Å²) in [7, 11) is 3.86. The summed E-state index contributed by atoms with van der Waals surface area (Å²) >= 11 is 0. The Morgan fingerprint density at radius 1 is 1.19 bits per heavy atom. The van der Waals surface area contributed by atoms with Gasteiger partial charge in [0.15, 0.2) is 5.82 Å². The molecule has 8 heteroatoms. The number of ether oxygens (including phenoxy) is 2. The minimum absolute atomic E-state index is 0.0179. The first-order valence-electron chi connectivity index (χ1n) is 10.7. The topological polar surface area (TPSA) is 77.7 Å². The van der Waals surface area contributed by atoms with Gasteiger partial charge in [0.1, 0.15) is 30.6 Å². The average molecular weight is 431 g/mol. The van der Waals surface area contributed by atoms with E-state index in [2.05, 4.69) is 30.6 Å². The summed E-state index contributed by atoms with van der Waals surface area (Å²) in [5.41, 5.74) is 2.85. The fourth-order valence-corrected chi connectivity index (χ4v) is 4.09. The number of hydrogen-bond acceptors (Lipinski definition) is 6. The third-order valence-corrected chi connectivity index (χ3v) is 5.70. The lowest BCUT2D eigenvalue weighted by atomic mass is 10.1. The molecule has 1 aliphatic heterocycles. The molecule has 4 aromatic rings. The minimum atomic E-state index is -0.0824. The zero-order chi connectivity index (χ0) is 22.1. The Balaban J connectivity index is 1.29. The van der Waals surface area contributed by atoms with Gasteiger partial charge in [-0.15, -0.1) is 0 Å². The third-order valence-electron chi connectivity index (χ3n) is 5.70. The fraction of sp³-hybridized carbons (Fsp3) is 0.333. The highest BCUT2D eigenvalue weighted by Crippen LogP contribution is 2.34. The van der Waals surface area contributed by atoms with Crippen molar-refractivity contribution in [3.8, 4) is 5.75 Å². The molecule has 1 aromatic carbocycles. The van der Waals surface area contributed by atoms with Gasteiger partial charge in [0.2, 0.25) is 0 Å². The van der Waals surface area contributed by atoms with E-state index in [1.54, 1.807) is 12.7 Å². The SMILES string of the molecule is Cc1c(OC[C@@H]2CCC(n3ccc4c(N=CN(C)C)ncnc43)O2)ccc2cccnc12. The monoisotopic (exact) mass is 430 g/mol. The maximum atomic E-state index is 6.32. The predicted molar refractivity (Wildman–Crippen MR) is 124 cm³/mol. The van der Waals surface area contributed by atoms with Crippen molar-refractivity contribution in [3.63, 3.8) is 0 Å². The molecule has 0 amide bonds. The van der Waals surface area contributed by atoms with E-state index in [-0.39, 0.29) is 12.3 Å². The molecule has 0 bridgehead atoms. The van der Waals surface area contributed by atoms with E-state index in [1.165, 1.54) is 0 Å². The first-order chi connectivity index (χ1) is 15.6. The van der Waals surface area contributed by atoms with Gasteiger partial charge < -0.3 is 18.9 Å². The Labute approximate surface area is 186 Å². The zero-order valence-electron chi connectivity index (χ0n) is 18.5. The molecule has 0 aliphatic carbocycles. The normalized spacial score (nSPS) is 18.7. The van der Waals surface area contributed by atoms with Gasteiger partial charge in [-0.3, -0.25) is 4.98 Å². The van der Waals surface area contributed by atoms with Crippen LogP contribution in [-0.4, -0.2) is 57.6 Å². The molecule has 5 rings (SSSR count). The van der Waals surface area contributed by atoms with Gasteiger partial charge in [0.05, 0.1) is 23.3 Å². The van der Waals surface area contributed by atoms with E-state index in [0.29, 0.717) is 12.4 Å². The van der Waals surface area contributed by atoms with Crippen LogP contribution in [0.15, 0.2) is 54.0 Å². The molecular weight excluding hydrogens is 404 g/mol. The predicted octanol–water partition coefficient (Wildman–Crippen LogP) is 4.27. The highest BCUT2D eigenvalue weighted by atomic mass is 16.6. The van der Waals surface area contributed by atoms with Crippen LogP contribution in [0.4, 0.5) is 5.82 Å². The lowest BCUT2D eigenvalue weighted by Crippen LogP contribution is -2.18. The molecule has 0 N–H and O–H groups in total. The van der Waals surface area contributed by atoms with Crippen LogP contribution < -0.4 is 4.74 Å². The number of aromatic nitrogens is 4. The summed E-state index contributed by atoms with van der Waals surface area (Å²) in [5, 5.41) is 2.03. The Morgan fingerprint density at radius 3 is 2.97 bits per heavy atom. The van der Waals surface area contributed by atoms with Crippen LogP contribution in [0.25, 0.3) is 21.9 Å².